The second-order valence-electron chi connectivity index (χ2n) is 5.01. The Balaban J connectivity index is 1.49. The van der Waals surface area contributed by atoms with Crippen LogP contribution in [0.4, 0.5) is 0 Å². The maximum Gasteiger partial charge on any atom is 0.355 e. The van der Waals surface area contributed by atoms with Crippen molar-refractivity contribution in [1.82, 2.24) is 15.3 Å². The van der Waals surface area contributed by atoms with E-state index in [2.05, 4.69) is 15.3 Å². The lowest BCUT2D eigenvalue weighted by atomic mass is 10.2. The monoisotopic (exact) mass is 353 g/mol. The Morgan fingerprint density at radius 3 is 2.83 bits per heavy atom. The van der Waals surface area contributed by atoms with Crippen LogP contribution in [0, 0.1) is 0 Å². The summed E-state index contributed by atoms with van der Waals surface area (Å²) >= 11 is 2.71. The van der Waals surface area contributed by atoms with Crippen LogP contribution in [0.1, 0.15) is 49.9 Å². The van der Waals surface area contributed by atoms with E-state index in [0.717, 1.165) is 24.5 Å². The molecule has 1 atom stereocenters. The van der Waals surface area contributed by atoms with Gasteiger partial charge in [-0.25, -0.2) is 14.8 Å². The number of carboxylic acids is 1. The normalized spacial score (nSPS) is 17.3. The first-order valence-electron chi connectivity index (χ1n) is 7.16. The van der Waals surface area contributed by atoms with Gasteiger partial charge >= 0.3 is 5.97 Å². The number of rotatable bonds is 6. The number of ether oxygens (including phenoxy) is 1. The summed E-state index contributed by atoms with van der Waals surface area (Å²) in [6, 6.07) is 0. The number of hydrogen-bond donors (Lipinski definition) is 2. The molecule has 0 saturated carbocycles. The van der Waals surface area contributed by atoms with E-state index in [4.69, 9.17) is 9.84 Å². The fraction of sp³-hybridized carbons (Fsp3) is 0.429. The molecule has 1 unspecified atom stereocenters. The van der Waals surface area contributed by atoms with Crippen molar-refractivity contribution in [3.8, 4) is 0 Å². The van der Waals surface area contributed by atoms with Crippen LogP contribution in [0.2, 0.25) is 0 Å². The van der Waals surface area contributed by atoms with Gasteiger partial charge in [-0.15, -0.1) is 22.7 Å². The molecule has 122 valence electrons. The number of thiazole rings is 2. The van der Waals surface area contributed by atoms with Crippen LogP contribution in [0.25, 0.3) is 0 Å². The number of hydrogen-bond acceptors (Lipinski definition) is 7. The highest BCUT2D eigenvalue weighted by Gasteiger charge is 2.22. The predicted molar refractivity (Wildman–Crippen MR) is 85.2 cm³/mol. The lowest BCUT2D eigenvalue weighted by molar-refractivity contribution is 0.0690. The molecule has 1 fully saturated rings. The van der Waals surface area contributed by atoms with Gasteiger partial charge in [-0.2, -0.15) is 0 Å². The van der Waals surface area contributed by atoms with Crippen LogP contribution < -0.4 is 5.32 Å². The van der Waals surface area contributed by atoms with Crippen LogP contribution in [0.3, 0.4) is 0 Å². The molecule has 1 saturated heterocycles. The van der Waals surface area contributed by atoms with Gasteiger partial charge in [0.05, 0.1) is 5.01 Å². The minimum absolute atomic E-state index is 0.0197. The molecule has 0 aromatic carbocycles. The molecule has 0 spiro atoms. The number of carbonyl (C=O) groups is 2. The number of aromatic nitrogens is 2. The molecule has 9 heteroatoms. The average molecular weight is 353 g/mol. The lowest BCUT2D eigenvalue weighted by Crippen LogP contribution is -2.26. The zero-order chi connectivity index (χ0) is 16.2. The topological polar surface area (TPSA) is 101 Å². The second kappa shape index (κ2) is 7.16. The summed E-state index contributed by atoms with van der Waals surface area (Å²) in [7, 11) is 0. The summed E-state index contributed by atoms with van der Waals surface area (Å²) < 4.78 is 5.55. The summed E-state index contributed by atoms with van der Waals surface area (Å²) in [6.07, 6.45) is 2.49. The highest BCUT2D eigenvalue weighted by atomic mass is 32.1. The molecular weight excluding hydrogens is 338 g/mol. The first-order valence-corrected chi connectivity index (χ1v) is 8.92. The van der Waals surface area contributed by atoms with Gasteiger partial charge in [-0.05, 0) is 12.8 Å². The van der Waals surface area contributed by atoms with E-state index in [1.807, 2.05) is 0 Å². The zero-order valence-electron chi connectivity index (χ0n) is 12.2. The third-order valence-corrected chi connectivity index (χ3v) is 5.20. The van der Waals surface area contributed by atoms with Crippen molar-refractivity contribution in [2.45, 2.75) is 25.4 Å². The van der Waals surface area contributed by atoms with Crippen molar-refractivity contribution >= 4 is 34.6 Å². The third kappa shape index (κ3) is 3.92. The molecular formula is C14H15N3O4S2. The SMILES string of the molecule is O=C(O)c1csc(CCNC(=O)c2csc(C3CCCO3)n2)n1. The van der Waals surface area contributed by atoms with E-state index in [1.54, 1.807) is 5.38 Å². The highest BCUT2D eigenvalue weighted by Crippen LogP contribution is 2.30. The molecule has 0 radical (unpaired) electrons. The minimum atomic E-state index is -1.04. The fourth-order valence-electron chi connectivity index (χ4n) is 2.21. The highest BCUT2D eigenvalue weighted by molar-refractivity contribution is 7.10. The Bertz CT molecular complexity index is 706. The number of nitrogens with zero attached hydrogens (tertiary/aromatic N) is 2. The average Bonchev–Trinajstić information content (AvgIpc) is 3.27. The molecule has 7 nitrogen and oxygen atoms in total. The van der Waals surface area contributed by atoms with Crippen molar-refractivity contribution in [3.63, 3.8) is 0 Å². The smallest absolute Gasteiger partial charge is 0.355 e. The van der Waals surface area contributed by atoms with E-state index in [-0.39, 0.29) is 17.7 Å². The summed E-state index contributed by atoms with van der Waals surface area (Å²) in [5.74, 6) is -1.28. The van der Waals surface area contributed by atoms with Gasteiger partial charge in [-0.3, -0.25) is 4.79 Å². The van der Waals surface area contributed by atoms with Crippen molar-refractivity contribution in [2.24, 2.45) is 0 Å². The van der Waals surface area contributed by atoms with E-state index in [1.165, 1.54) is 28.1 Å². The summed E-state index contributed by atoms with van der Waals surface area (Å²) in [5, 5.41) is 16.3. The molecule has 1 aliphatic rings. The van der Waals surface area contributed by atoms with E-state index in [9.17, 15) is 9.59 Å². The Morgan fingerprint density at radius 2 is 2.13 bits per heavy atom. The van der Waals surface area contributed by atoms with Crippen molar-refractivity contribution in [1.29, 1.82) is 0 Å². The Hall–Kier alpha value is -1.84. The lowest BCUT2D eigenvalue weighted by Gasteiger charge is -2.04. The Labute approximate surface area is 140 Å². The second-order valence-corrected chi connectivity index (χ2v) is 6.84. The molecule has 23 heavy (non-hydrogen) atoms. The largest absolute Gasteiger partial charge is 0.476 e. The zero-order valence-corrected chi connectivity index (χ0v) is 13.8. The number of carbonyl (C=O) groups excluding carboxylic acids is 1. The van der Waals surface area contributed by atoms with Gasteiger partial charge in [0.25, 0.3) is 5.91 Å². The van der Waals surface area contributed by atoms with Gasteiger partial charge in [0.2, 0.25) is 0 Å². The molecule has 0 bridgehead atoms. The Kier molecular flexibility index (Phi) is 4.99. The van der Waals surface area contributed by atoms with Crippen LogP contribution in [-0.4, -0.2) is 40.1 Å². The number of amides is 1. The summed E-state index contributed by atoms with van der Waals surface area (Å²) in [5.41, 5.74) is 0.433. The number of carboxylic acid groups (broad SMARTS) is 1. The van der Waals surface area contributed by atoms with Crippen molar-refractivity contribution in [2.75, 3.05) is 13.2 Å². The fourth-order valence-corrected chi connectivity index (χ4v) is 3.86. The maximum atomic E-state index is 12.1. The van der Waals surface area contributed by atoms with Crippen molar-refractivity contribution < 1.29 is 19.4 Å². The first-order chi connectivity index (χ1) is 11.1. The van der Waals surface area contributed by atoms with Gasteiger partial charge in [0, 0.05) is 30.3 Å². The molecule has 0 aliphatic carbocycles. The van der Waals surface area contributed by atoms with Crippen LogP contribution in [0.15, 0.2) is 10.8 Å². The van der Waals surface area contributed by atoms with Gasteiger partial charge in [0.1, 0.15) is 16.8 Å². The number of nitrogens with one attached hydrogen (secondary N) is 1. The van der Waals surface area contributed by atoms with Crippen LogP contribution in [-0.2, 0) is 11.2 Å². The predicted octanol–water partition coefficient (Wildman–Crippen LogP) is 2.12. The molecule has 2 aromatic heterocycles. The maximum absolute atomic E-state index is 12.1. The van der Waals surface area contributed by atoms with Crippen molar-refractivity contribution in [3.05, 3.63) is 32.2 Å². The van der Waals surface area contributed by atoms with Crippen LogP contribution in [0.5, 0.6) is 0 Å². The number of aromatic carboxylic acids is 1. The molecule has 3 heterocycles. The standard InChI is InChI=1S/C14H15N3O4S2/c18-12(8-6-23-13(17-8)10-2-1-5-21-10)15-4-3-11-16-9(7-22-11)14(19)20/h6-7,10H,1-5H2,(H,15,18)(H,19,20). The summed E-state index contributed by atoms with van der Waals surface area (Å²) in [4.78, 5) is 31.1. The van der Waals surface area contributed by atoms with E-state index >= 15 is 0 Å². The Morgan fingerprint density at radius 1 is 1.30 bits per heavy atom. The van der Waals surface area contributed by atoms with E-state index in [0.29, 0.717) is 23.7 Å². The van der Waals surface area contributed by atoms with Gasteiger partial charge in [-0.1, -0.05) is 0 Å². The third-order valence-electron chi connectivity index (χ3n) is 3.35. The van der Waals surface area contributed by atoms with E-state index < -0.39 is 5.97 Å². The molecule has 1 aliphatic heterocycles. The molecule has 3 rings (SSSR count). The van der Waals surface area contributed by atoms with Gasteiger partial charge < -0.3 is 15.2 Å². The van der Waals surface area contributed by atoms with Crippen LogP contribution >= 0.6 is 22.7 Å². The van der Waals surface area contributed by atoms with Gasteiger partial charge in [0.15, 0.2) is 5.69 Å². The first kappa shape index (κ1) is 16.0. The summed E-state index contributed by atoms with van der Waals surface area (Å²) in [6.45, 7) is 1.14. The molecule has 1 amide bonds. The quantitative estimate of drug-likeness (QED) is 0.825. The minimum Gasteiger partial charge on any atom is -0.476 e. The molecule has 2 aromatic rings. The molecule has 2 N–H and O–H groups in total.